The Hall–Kier alpha value is -0.920. The van der Waals surface area contributed by atoms with E-state index in [0.717, 1.165) is 5.57 Å². The van der Waals surface area contributed by atoms with Crippen LogP contribution in [0.2, 0.25) is 0 Å². The van der Waals surface area contributed by atoms with Crippen LogP contribution in [-0.4, -0.2) is 6.72 Å². The van der Waals surface area contributed by atoms with E-state index in [0.29, 0.717) is 0 Å². The Labute approximate surface area is 54.6 Å². The van der Waals surface area contributed by atoms with Gasteiger partial charge in [0.2, 0.25) is 5.95 Å². The molecule has 0 rings (SSSR count). The number of hydrogen-bond acceptors (Lipinski definition) is 1. The maximum Gasteiger partial charge on any atom is 0.212 e. The highest BCUT2D eigenvalue weighted by Crippen LogP contribution is 2.02. The molecule has 0 N–H and O–H groups in total. The molecule has 0 aromatic carbocycles. The van der Waals surface area contributed by atoms with Crippen molar-refractivity contribution in [2.75, 3.05) is 0 Å². The smallest absolute Gasteiger partial charge is 0.212 e. The summed E-state index contributed by atoms with van der Waals surface area (Å²) in [6.45, 7) is 6.66. The van der Waals surface area contributed by atoms with Crippen molar-refractivity contribution < 1.29 is 4.39 Å². The van der Waals surface area contributed by atoms with Crippen molar-refractivity contribution in [3.05, 3.63) is 23.7 Å². The van der Waals surface area contributed by atoms with Gasteiger partial charge in [-0.05, 0) is 26.6 Å². The minimum Gasteiger partial charge on any atom is -0.236 e. The predicted octanol–water partition coefficient (Wildman–Crippen LogP) is 2.46. The molecule has 0 fully saturated rings. The first kappa shape index (κ1) is 8.08. The first-order valence-corrected chi connectivity index (χ1v) is 2.67. The third kappa shape index (κ3) is 3.64. The van der Waals surface area contributed by atoms with E-state index in [1.165, 1.54) is 6.08 Å². The highest BCUT2D eigenvalue weighted by molar-refractivity contribution is 5.29. The molecule has 0 saturated carbocycles. The van der Waals surface area contributed by atoms with Gasteiger partial charge >= 0.3 is 0 Å². The molecule has 0 bridgehead atoms. The first-order valence-electron chi connectivity index (χ1n) is 2.67. The zero-order chi connectivity index (χ0) is 7.28. The predicted molar refractivity (Wildman–Crippen MR) is 38.2 cm³/mol. The monoisotopic (exact) mass is 127 g/mol. The third-order valence-electron chi connectivity index (χ3n) is 0.953. The van der Waals surface area contributed by atoms with Gasteiger partial charge in [-0.2, -0.15) is 4.39 Å². The van der Waals surface area contributed by atoms with E-state index in [-0.39, 0.29) is 0 Å². The fourth-order valence-corrected chi connectivity index (χ4v) is 0.317. The summed E-state index contributed by atoms with van der Waals surface area (Å²) in [5, 5.41) is 0. The Balaban J connectivity index is 4.11. The standard InChI is InChI=1S/C7H10FN/c1-4-6(2)5-7(8)9-3/h4-5H,3H2,1-2H3/b6-4-,7-5-. The Bertz CT molecular complexity index is 156. The highest BCUT2D eigenvalue weighted by Gasteiger charge is 1.85. The van der Waals surface area contributed by atoms with Gasteiger partial charge < -0.3 is 0 Å². The van der Waals surface area contributed by atoms with Crippen molar-refractivity contribution in [2.24, 2.45) is 4.99 Å². The lowest BCUT2D eigenvalue weighted by Crippen LogP contribution is -1.68. The van der Waals surface area contributed by atoms with Crippen LogP contribution in [0, 0.1) is 0 Å². The van der Waals surface area contributed by atoms with Gasteiger partial charge in [0.15, 0.2) is 0 Å². The summed E-state index contributed by atoms with van der Waals surface area (Å²) in [6, 6.07) is 0. The van der Waals surface area contributed by atoms with Gasteiger partial charge in [-0.3, -0.25) is 0 Å². The van der Waals surface area contributed by atoms with Crippen LogP contribution >= 0.6 is 0 Å². The molecule has 0 unspecified atom stereocenters. The van der Waals surface area contributed by atoms with Gasteiger partial charge in [-0.15, -0.1) is 0 Å². The van der Waals surface area contributed by atoms with Crippen LogP contribution < -0.4 is 0 Å². The maximum absolute atomic E-state index is 12.2. The SMILES string of the molecule is C=N/C(F)=C\C(C)=C/C. The summed E-state index contributed by atoms with van der Waals surface area (Å²) in [6.07, 6.45) is 3.12. The van der Waals surface area contributed by atoms with E-state index in [9.17, 15) is 4.39 Å². The molecule has 0 aliphatic carbocycles. The van der Waals surface area contributed by atoms with Crippen molar-refractivity contribution in [3.63, 3.8) is 0 Å². The number of aliphatic imine (C=N–C) groups is 1. The number of hydrogen-bond donors (Lipinski definition) is 0. The minimum atomic E-state index is -0.536. The van der Waals surface area contributed by atoms with E-state index in [2.05, 4.69) is 11.7 Å². The van der Waals surface area contributed by atoms with Crippen LogP contribution in [0.5, 0.6) is 0 Å². The van der Waals surface area contributed by atoms with Crippen molar-refractivity contribution in [1.29, 1.82) is 0 Å². The molecule has 0 aromatic rings. The van der Waals surface area contributed by atoms with Crippen molar-refractivity contribution in [3.8, 4) is 0 Å². The van der Waals surface area contributed by atoms with Crippen LogP contribution in [0.25, 0.3) is 0 Å². The summed E-state index contributed by atoms with van der Waals surface area (Å²) in [4.78, 5) is 3.08. The van der Waals surface area contributed by atoms with Gasteiger partial charge in [-0.25, -0.2) is 4.99 Å². The summed E-state index contributed by atoms with van der Waals surface area (Å²) in [5.74, 6) is -0.536. The third-order valence-corrected chi connectivity index (χ3v) is 0.953. The quantitative estimate of drug-likeness (QED) is 0.307. The number of nitrogens with zero attached hydrogens (tertiary/aromatic N) is 1. The molecular weight excluding hydrogens is 117 g/mol. The largest absolute Gasteiger partial charge is 0.236 e. The summed E-state index contributed by atoms with van der Waals surface area (Å²) in [7, 11) is 0. The highest BCUT2D eigenvalue weighted by atomic mass is 19.1. The Morgan fingerprint density at radius 3 is 2.56 bits per heavy atom. The lowest BCUT2D eigenvalue weighted by Gasteiger charge is -1.86. The van der Waals surface area contributed by atoms with Gasteiger partial charge in [0.1, 0.15) is 0 Å². The van der Waals surface area contributed by atoms with Gasteiger partial charge in [0.25, 0.3) is 0 Å². The molecule has 0 spiro atoms. The van der Waals surface area contributed by atoms with E-state index in [4.69, 9.17) is 0 Å². The minimum absolute atomic E-state index is 0.536. The second-order valence-corrected chi connectivity index (χ2v) is 1.66. The second-order valence-electron chi connectivity index (χ2n) is 1.66. The van der Waals surface area contributed by atoms with E-state index in [1.54, 1.807) is 13.0 Å². The molecule has 2 heteroatoms. The fourth-order valence-electron chi connectivity index (χ4n) is 0.317. The molecule has 0 radical (unpaired) electrons. The molecule has 1 nitrogen and oxygen atoms in total. The van der Waals surface area contributed by atoms with E-state index < -0.39 is 5.95 Å². The Morgan fingerprint density at radius 2 is 2.22 bits per heavy atom. The normalized spacial score (nSPS) is 13.7. The molecule has 9 heavy (non-hydrogen) atoms. The molecule has 0 aliphatic rings. The van der Waals surface area contributed by atoms with Crippen LogP contribution in [-0.2, 0) is 0 Å². The number of halogens is 1. The van der Waals surface area contributed by atoms with Crippen LogP contribution in [0.1, 0.15) is 13.8 Å². The molecule has 0 aromatic heterocycles. The van der Waals surface area contributed by atoms with Gasteiger partial charge in [-0.1, -0.05) is 11.6 Å². The number of allylic oxidation sites excluding steroid dienone is 3. The van der Waals surface area contributed by atoms with Crippen LogP contribution in [0.3, 0.4) is 0 Å². The molecule has 50 valence electrons. The van der Waals surface area contributed by atoms with Crippen molar-refractivity contribution >= 4 is 6.72 Å². The lowest BCUT2D eigenvalue weighted by atomic mass is 10.3. The zero-order valence-electron chi connectivity index (χ0n) is 5.69. The average Bonchev–Trinajstić information content (AvgIpc) is 1.87. The van der Waals surface area contributed by atoms with E-state index in [1.807, 2.05) is 6.92 Å². The Kier molecular flexibility index (Phi) is 3.60. The molecule has 0 heterocycles. The number of rotatable bonds is 2. The zero-order valence-corrected chi connectivity index (χ0v) is 5.69. The fraction of sp³-hybridized carbons (Fsp3) is 0.286. The summed E-state index contributed by atoms with van der Waals surface area (Å²) < 4.78 is 12.2. The second kappa shape index (κ2) is 4.01. The Morgan fingerprint density at radius 1 is 1.67 bits per heavy atom. The van der Waals surface area contributed by atoms with E-state index >= 15 is 0 Å². The lowest BCUT2D eigenvalue weighted by molar-refractivity contribution is 0.629. The summed E-state index contributed by atoms with van der Waals surface area (Å²) >= 11 is 0. The van der Waals surface area contributed by atoms with Crippen LogP contribution in [0.4, 0.5) is 4.39 Å². The van der Waals surface area contributed by atoms with Crippen molar-refractivity contribution in [1.82, 2.24) is 0 Å². The average molecular weight is 127 g/mol. The topological polar surface area (TPSA) is 12.4 Å². The first-order chi connectivity index (χ1) is 4.20. The van der Waals surface area contributed by atoms with Crippen LogP contribution in [0.15, 0.2) is 28.7 Å². The molecule has 0 amide bonds. The molecule has 0 saturated heterocycles. The molecule has 0 atom stereocenters. The maximum atomic E-state index is 12.2. The summed E-state index contributed by atoms with van der Waals surface area (Å²) in [5.41, 5.74) is 0.847. The van der Waals surface area contributed by atoms with Gasteiger partial charge in [0.05, 0.1) is 0 Å². The molecule has 0 aliphatic heterocycles. The van der Waals surface area contributed by atoms with Crippen molar-refractivity contribution in [2.45, 2.75) is 13.8 Å². The molecular formula is C7H10FN. The van der Waals surface area contributed by atoms with Gasteiger partial charge in [0, 0.05) is 0 Å².